The third-order valence-electron chi connectivity index (χ3n) is 4.10. The van der Waals surface area contributed by atoms with Crippen LogP contribution in [0, 0.1) is 0 Å². The van der Waals surface area contributed by atoms with Crippen LogP contribution in [-0.2, 0) is 4.79 Å². The highest BCUT2D eigenvalue weighted by Gasteiger charge is 2.22. The van der Waals surface area contributed by atoms with Crippen LogP contribution in [0.2, 0.25) is 0 Å². The zero-order valence-electron chi connectivity index (χ0n) is 12.4. The molecule has 0 aromatic carbocycles. The number of carbonyl (C=O) groups excluding carboxylic acids is 1. The van der Waals surface area contributed by atoms with E-state index >= 15 is 0 Å². The summed E-state index contributed by atoms with van der Waals surface area (Å²) in [6, 6.07) is 1.23. The fourth-order valence-corrected chi connectivity index (χ4v) is 2.59. The van der Waals surface area contributed by atoms with Crippen LogP contribution in [0.5, 0.6) is 0 Å². The van der Waals surface area contributed by atoms with E-state index < -0.39 is 0 Å². The first-order valence-electron chi connectivity index (χ1n) is 7.29. The SMILES string of the molecule is CCN(CC)C(=O)CCNC1CCN(C)C(C)C1. The molecular formula is C14H29N3O. The smallest absolute Gasteiger partial charge is 0.223 e. The van der Waals surface area contributed by atoms with Gasteiger partial charge in [-0.2, -0.15) is 0 Å². The van der Waals surface area contributed by atoms with Crippen molar-refractivity contribution in [1.29, 1.82) is 0 Å². The molecule has 0 saturated carbocycles. The Labute approximate surface area is 112 Å². The molecule has 0 aliphatic carbocycles. The molecule has 1 fully saturated rings. The van der Waals surface area contributed by atoms with Gasteiger partial charge in [-0.3, -0.25) is 4.79 Å². The lowest BCUT2D eigenvalue weighted by Crippen LogP contribution is -2.46. The molecule has 0 spiro atoms. The summed E-state index contributed by atoms with van der Waals surface area (Å²) < 4.78 is 0. The Balaban J connectivity index is 2.20. The van der Waals surface area contributed by atoms with Gasteiger partial charge in [0, 0.05) is 38.1 Å². The number of rotatable bonds is 6. The molecule has 0 aromatic heterocycles. The minimum absolute atomic E-state index is 0.272. The lowest BCUT2D eigenvalue weighted by molar-refractivity contribution is -0.130. The van der Waals surface area contributed by atoms with Crippen molar-refractivity contribution in [3.63, 3.8) is 0 Å². The van der Waals surface area contributed by atoms with E-state index in [1.165, 1.54) is 12.8 Å². The molecule has 1 N–H and O–H groups in total. The first-order chi connectivity index (χ1) is 8.58. The average Bonchev–Trinajstić information content (AvgIpc) is 2.35. The van der Waals surface area contributed by atoms with E-state index in [1.54, 1.807) is 0 Å². The molecule has 1 rings (SSSR count). The fourth-order valence-electron chi connectivity index (χ4n) is 2.59. The Bertz CT molecular complexity index is 253. The number of hydrogen-bond donors (Lipinski definition) is 1. The molecule has 1 aliphatic heterocycles. The molecule has 18 heavy (non-hydrogen) atoms. The second kappa shape index (κ2) is 7.74. The maximum Gasteiger partial charge on any atom is 0.223 e. The third kappa shape index (κ3) is 4.58. The summed E-state index contributed by atoms with van der Waals surface area (Å²) in [5.41, 5.74) is 0. The van der Waals surface area contributed by atoms with E-state index in [4.69, 9.17) is 0 Å². The first-order valence-corrected chi connectivity index (χ1v) is 7.29. The number of likely N-dealkylation sites (tertiary alicyclic amines) is 1. The molecule has 0 bridgehead atoms. The molecule has 2 unspecified atom stereocenters. The maximum atomic E-state index is 11.8. The molecule has 1 aliphatic rings. The Morgan fingerprint density at radius 3 is 2.61 bits per heavy atom. The number of carbonyl (C=O) groups is 1. The molecule has 1 saturated heterocycles. The van der Waals surface area contributed by atoms with Crippen molar-refractivity contribution in [3.8, 4) is 0 Å². The highest BCUT2D eigenvalue weighted by atomic mass is 16.2. The summed E-state index contributed by atoms with van der Waals surface area (Å²) in [7, 11) is 2.19. The zero-order chi connectivity index (χ0) is 13.5. The average molecular weight is 255 g/mol. The van der Waals surface area contributed by atoms with Gasteiger partial charge >= 0.3 is 0 Å². The zero-order valence-corrected chi connectivity index (χ0v) is 12.4. The van der Waals surface area contributed by atoms with E-state index in [2.05, 4.69) is 24.2 Å². The minimum Gasteiger partial charge on any atom is -0.343 e. The summed E-state index contributed by atoms with van der Waals surface area (Å²) in [6.07, 6.45) is 3.01. The van der Waals surface area contributed by atoms with Crippen LogP contribution in [0.15, 0.2) is 0 Å². The Kier molecular flexibility index (Phi) is 6.65. The molecule has 4 nitrogen and oxygen atoms in total. The van der Waals surface area contributed by atoms with Gasteiger partial charge in [0.25, 0.3) is 0 Å². The molecule has 1 heterocycles. The van der Waals surface area contributed by atoms with Gasteiger partial charge in [-0.15, -0.1) is 0 Å². The van der Waals surface area contributed by atoms with Crippen LogP contribution in [0.3, 0.4) is 0 Å². The monoisotopic (exact) mass is 255 g/mol. The van der Waals surface area contributed by atoms with Crippen LogP contribution in [-0.4, -0.2) is 61.0 Å². The number of hydrogen-bond acceptors (Lipinski definition) is 3. The number of piperidine rings is 1. The summed E-state index contributed by atoms with van der Waals surface area (Å²) in [4.78, 5) is 16.1. The van der Waals surface area contributed by atoms with Gasteiger partial charge in [0.15, 0.2) is 0 Å². The third-order valence-corrected chi connectivity index (χ3v) is 4.10. The van der Waals surface area contributed by atoms with E-state index in [1.807, 2.05) is 18.7 Å². The van der Waals surface area contributed by atoms with Gasteiger partial charge in [-0.25, -0.2) is 0 Å². The highest BCUT2D eigenvalue weighted by Crippen LogP contribution is 2.15. The van der Waals surface area contributed by atoms with Crippen LogP contribution < -0.4 is 5.32 Å². The normalized spacial score (nSPS) is 25.1. The standard InChI is InChI=1S/C14H29N3O/c1-5-17(6-2)14(18)7-9-15-13-8-10-16(4)12(3)11-13/h12-13,15H,5-11H2,1-4H3. The second-order valence-electron chi connectivity index (χ2n) is 5.32. The van der Waals surface area contributed by atoms with E-state index in [0.29, 0.717) is 18.5 Å². The van der Waals surface area contributed by atoms with Crippen molar-refractivity contribution < 1.29 is 4.79 Å². The fraction of sp³-hybridized carbons (Fsp3) is 0.929. The van der Waals surface area contributed by atoms with Crippen molar-refractivity contribution in [2.75, 3.05) is 33.2 Å². The van der Waals surface area contributed by atoms with Gasteiger partial charge in [-0.1, -0.05) is 0 Å². The lowest BCUT2D eigenvalue weighted by atomic mass is 9.99. The molecule has 0 radical (unpaired) electrons. The summed E-state index contributed by atoms with van der Waals surface area (Å²) in [6.45, 7) is 9.95. The Morgan fingerprint density at radius 2 is 2.06 bits per heavy atom. The molecule has 2 atom stereocenters. The van der Waals surface area contributed by atoms with Gasteiger partial charge in [-0.05, 0) is 47.2 Å². The number of nitrogens with one attached hydrogen (secondary N) is 1. The van der Waals surface area contributed by atoms with Crippen molar-refractivity contribution >= 4 is 5.91 Å². The summed E-state index contributed by atoms with van der Waals surface area (Å²) in [5, 5.41) is 3.53. The highest BCUT2D eigenvalue weighted by molar-refractivity contribution is 5.76. The lowest BCUT2D eigenvalue weighted by Gasteiger charge is -2.35. The van der Waals surface area contributed by atoms with Gasteiger partial charge in [0.1, 0.15) is 0 Å². The Morgan fingerprint density at radius 1 is 1.39 bits per heavy atom. The largest absolute Gasteiger partial charge is 0.343 e. The van der Waals surface area contributed by atoms with E-state index in [-0.39, 0.29) is 5.91 Å². The van der Waals surface area contributed by atoms with Crippen molar-refractivity contribution in [1.82, 2.24) is 15.1 Å². The molecule has 1 amide bonds. The van der Waals surface area contributed by atoms with Crippen LogP contribution in [0.1, 0.15) is 40.0 Å². The first kappa shape index (κ1) is 15.4. The maximum absolute atomic E-state index is 11.8. The van der Waals surface area contributed by atoms with Crippen LogP contribution in [0.4, 0.5) is 0 Å². The van der Waals surface area contributed by atoms with Gasteiger partial charge < -0.3 is 15.1 Å². The van der Waals surface area contributed by atoms with Crippen molar-refractivity contribution in [2.24, 2.45) is 0 Å². The van der Waals surface area contributed by atoms with Gasteiger partial charge in [0.2, 0.25) is 5.91 Å². The topological polar surface area (TPSA) is 35.6 Å². The van der Waals surface area contributed by atoms with Crippen LogP contribution >= 0.6 is 0 Å². The molecule has 106 valence electrons. The van der Waals surface area contributed by atoms with Crippen LogP contribution in [0.25, 0.3) is 0 Å². The van der Waals surface area contributed by atoms with E-state index in [9.17, 15) is 4.79 Å². The van der Waals surface area contributed by atoms with Gasteiger partial charge in [0.05, 0.1) is 0 Å². The summed E-state index contributed by atoms with van der Waals surface area (Å²) in [5.74, 6) is 0.272. The molecule has 4 heteroatoms. The molecule has 0 aromatic rings. The summed E-state index contributed by atoms with van der Waals surface area (Å²) >= 11 is 0. The number of nitrogens with zero attached hydrogens (tertiary/aromatic N) is 2. The minimum atomic E-state index is 0.272. The quantitative estimate of drug-likeness (QED) is 0.777. The van der Waals surface area contributed by atoms with E-state index in [0.717, 1.165) is 26.2 Å². The molecular weight excluding hydrogens is 226 g/mol. The van der Waals surface area contributed by atoms with Crippen molar-refractivity contribution in [2.45, 2.75) is 52.1 Å². The number of amides is 1. The predicted molar refractivity (Wildman–Crippen MR) is 75.7 cm³/mol. The Hall–Kier alpha value is -0.610. The van der Waals surface area contributed by atoms with Crippen molar-refractivity contribution in [3.05, 3.63) is 0 Å². The predicted octanol–water partition coefficient (Wildman–Crippen LogP) is 1.32. The second-order valence-corrected chi connectivity index (χ2v) is 5.32.